The van der Waals surface area contributed by atoms with E-state index in [-0.39, 0.29) is 17.7 Å². The monoisotopic (exact) mass is 257 g/mol. The Morgan fingerprint density at radius 1 is 1.35 bits per heavy atom. The smallest absolute Gasteiger partial charge is 0.0982 e. The van der Waals surface area contributed by atoms with Crippen molar-refractivity contribution >= 4 is 11.3 Å². The van der Waals surface area contributed by atoms with E-state index >= 15 is 0 Å². The highest BCUT2D eigenvalue weighted by molar-refractivity contribution is 7.07. The molecule has 2 unspecified atom stereocenters. The highest BCUT2D eigenvalue weighted by Crippen LogP contribution is 2.22. The predicted octanol–water partition coefficient (Wildman–Crippen LogP) is 2.97. The van der Waals surface area contributed by atoms with Crippen molar-refractivity contribution in [1.82, 2.24) is 0 Å². The van der Waals surface area contributed by atoms with Gasteiger partial charge >= 0.3 is 0 Å². The van der Waals surface area contributed by atoms with Gasteiger partial charge in [0.1, 0.15) is 0 Å². The van der Waals surface area contributed by atoms with Crippen LogP contribution >= 0.6 is 11.3 Å². The highest BCUT2D eigenvalue weighted by atomic mass is 32.1. The fourth-order valence-corrected chi connectivity index (χ4v) is 2.20. The van der Waals surface area contributed by atoms with Gasteiger partial charge in [0.25, 0.3) is 0 Å². The molecule has 1 rings (SSSR count). The fraction of sp³-hybridized carbons (Fsp3) is 0.692. The van der Waals surface area contributed by atoms with E-state index in [9.17, 15) is 0 Å². The van der Waals surface area contributed by atoms with Crippen molar-refractivity contribution in [2.24, 2.45) is 5.73 Å². The summed E-state index contributed by atoms with van der Waals surface area (Å²) in [4.78, 5) is 0. The Morgan fingerprint density at radius 2 is 2.06 bits per heavy atom. The quantitative estimate of drug-likeness (QED) is 0.797. The molecule has 4 heteroatoms. The van der Waals surface area contributed by atoms with Gasteiger partial charge in [0, 0.05) is 6.04 Å². The third-order valence-corrected chi connectivity index (χ3v) is 2.97. The lowest BCUT2D eigenvalue weighted by atomic mass is 10.1. The maximum absolute atomic E-state index is 5.93. The summed E-state index contributed by atoms with van der Waals surface area (Å²) < 4.78 is 11.4. The van der Waals surface area contributed by atoms with E-state index in [0.29, 0.717) is 13.2 Å². The molecular weight excluding hydrogens is 234 g/mol. The van der Waals surface area contributed by atoms with Gasteiger partial charge in [-0.15, -0.1) is 0 Å². The molecule has 2 N–H and O–H groups in total. The van der Waals surface area contributed by atoms with Crippen LogP contribution in [0.5, 0.6) is 0 Å². The van der Waals surface area contributed by atoms with Gasteiger partial charge in [0.15, 0.2) is 0 Å². The average molecular weight is 257 g/mol. The van der Waals surface area contributed by atoms with E-state index in [4.69, 9.17) is 15.2 Å². The first kappa shape index (κ1) is 14.6. The van der Waals surface area contributed by atoms with Crippen LogP contribution in [0.15, 0.2) is 16.8 Å². The molecule has 0 aliphatic carbocycles. The van der Waals surface area contributed by atoms with Gasteiger partial charge in [0.05, 0.1) is 24.9 Å². The first-order valence-electron chi connectivity index (χ1n) is 5.93. The molecule has 0 fully saturated rings. The second-order valence-corrected chi connectivity index (χ2v) is 5.95. The van der Waals surface area contributed by atoms with Crippen LogP contribution in [0.3, 0.4) is 0 Å². The fourth-order valence-electron chi connectivity index (χ4n) is 1.51. The van der Waals surface area contributed by atoms with Gasteiger partial charge < -0.3 is 15.2 Å². The third kappa shape index (κ3) is 5.64. The van der Waals surface area contributed by atoms with Crippen molar-refractivity contribution in [3.05, 3.63) is 22.4 Å². The minimum absolute atomic E-state index is 0.0146. The summed E-state index contributed by atoms with van der Waals surface area (Å²) >= 11 is 1.66. The van der Waals surface area contributed by atoms with Crippen LogP contribution in [-0.2, 0) is 9.47 Å². The molecule has 0 bridgehead atoms. The Balaban J connectivity index is 2.37. The Labute approximate surface area is 108 Å². The number of nitrogens with two attached hydrogens (primary N) is 1. The summed E-state index contributed by atoms with van der Waals surface area (Å²) in [6.07, 6.45) is -0.0372. The second-order valence-electron chi connectivity index (χ2n) is 5.17. The summed E-state index contributed by atoms with van der Waals surface area (Å²) in [7, 11) is 0. The van der Waals surface area contributed by atoms with Crippen LogP contribution in [0.1, 0.15) is 39.4 Å². The minimum Gasteiger partial charge on any atom is -0.373 e. The van der Waals surface area contributed by atoms with Gasteiger partial charge in [-0.1, -0.05) is 0 Å². The predicted molar refractivity (Wildman–Crippen MR) is 72.4 cm³/mol. The number of hydrogen-bond donors (Lipinski definition) is 1. The van der Waals surface area contributed by atoms with Crippen LogP contribution in [-0.4, -0.2) is 24.9 Å². The van der Waals surface area contributed by atoms with E-state index in [0.717, 1.165) is 5.56 Å². The standard InChI is InChI=1S/C13H23NO2S/c1-10(14)12(11-5-8-17-9-11)15-6-7-16-13(2,3)4/h5,8-10,12H,6-7,14H2,1-4H3. The van der Waals surface area contributed by atoms with Crippen molar-refractivity contribution in [3.8, 4) is 0 Å². The molecule has 0 aliphatic rings. The molecule has 1 aromatic heterocycles. The van der Waals surface area contributed by atoms with E-state index in [1.807, 2.05) is 33.1 Å². The first-order valence-corrected chi connectivity index (χ1v) is 6.87. The van der Waals surface area contributed by atoms with Crippen molar-refractivity contribution in [2.75, 3.05) is 13.2 Å². The van der Waals surface area contributed by atoms with Crippen LogP contribution in [0.25, 0.3) is 0 Å². The molecule has 0 amide bonds. The van der Waals surface area contributed by atoms with Crippen molar-refractivity contribution in [2.45, 2.75) is 45.4 Å². The zero-order valence-corrected chi connectivity index (χ0v) is 11.9. The van der Waals surface area contributed by atoms with E-state index < -0.39 is 0 Å². The number of hydrogen-bond acceptors (Lipinski definition) is 4. The van der Waals surface area contributed by atoms with Crippen LogP contribution in [0.2, 0.25) is 0 Å². The van der Waals surface area contributed by atoms with Crippen LogP contribution in [0, 0.1) is 0 Å². The Morgan fingerprint density at radius 3 is 2.53 bits per heavy atom. The Hall–Kier alpha value is -0.420. The summed E-state index contributed by atoms with van der Waals surface area (Å²) in [5.74, 6) is 0. The molecular formula is C13H23NO2S. The van der Waals surface area contributed by atoms with Crippen molar-refractivity contribution in [3.63, 3.8) is 0 Å². The van der Waals surface area contributed by atoms with Gasteiger partial charge in [-0.05, 0) is 50.1 Å². The lowest BCUT2D eigenvalue weighted by Crippen LogP contribution is -2.29. The highest BCUT2D eigenvalue weighted by Gasteiger charge is 2.17. The molecule has 0 aliphatic heterocycles. The molecule has 1 heterocycles. The van der Waals surface area contributed by atoms with Crippen LogP contribution in [0.4, 0.5) is 0 Å². The average Bonchev–Trinajstić information content (AvgIpc) is 2.68. The first-order chi connectivity index (χ1) is 7.90. The number of ether oxygens (including phenoxy) is 2. The topological polar surface area (TPSA) is 44.5 Å². The SMILES string of the molecule is CC(N)C(OCCOC(C)(C)C)c1ccsc1. The zero-order chi connectivity index (χ0) is 12.9. The molecule has 0 aromatic carbocycles. The molecule has 2 atom stereocenters. The number of thiophene rings is 1. The molecule has 0 saturated heterocycles. The minimum atomic E-state index is -0.116. The van der Waals surface area contributed by atoms with Crippen molar-refractivity contribution in [1.29, 1.82) is 0 Å². The van der Waals surface area contributed by atoms with Gasteiger partial charge in [-0.2, -0.15) is 11.3 Å². The van der Waals surface area contributed by atoms with E-state index in [1.54, 1.807) is 11.3 Å². The van der Waals surface area contributed by atoms with Crippen LogP contribution < -0.4 is 5.73 Å². The molecule has 0 saturated carbocycles. The number of rotatable bonds is 6. The zero-order valence-electron chi connectivity index (χ0n) is 11.1. The summed E-state index contributed by atoms with van der Waals surface area (Å²) in [6.45, 7) is 9.24. The lowest BCUT2D eigenvalue weighted by Gasteiger charge is -2.23. The molecule has 3 nitrogen and oxygen atoms in total. The molecule has 98 valence electrons. The normalized spacial score (nSPS) is 15.8. The summed E-state index contributed by atoms with van der Waals surface area (Å²) in [5.41, 5.74) is 6.97. The third-order valence-electron chi connectivity index (χ3n) is 2.27. The van der Waals surface area contributed by atoms with Gasteiger partial charge in [-0.3, -0.25) is 0 Å². The van der Waals surface area contributed by atoms with Crippen molar-refractivity contribution < 1.29 is 9.47 Å². The maximum atomic E-state index is 5.93. The molecule has 0 radical (unpaired) electrons. The summed E-state index contributed by atoms with van der Waals surface area (Å²) in [5, 5.41) is 4.12. The summed E-state index contributed by atoms with van der Waals surface area (Å²) in [6, 6.07) is 2.04. The molecule has 1 aromatic rings. The lowest BCUT2D eigenvalue weighted by molar-refractivity contribution is -0.0557. The Bertz CT molecular complexity index is 304. The second kappa shape index (κ2) is 6.50. The largest absolute Gasteiger partial charge is 0.373 e. The van der Waals surface area contributed by atoms with Gasteiger partial charge in [0.2, 0.25) is 0 Å². The Kier molecular flexibility index (Phi) is 5.59. The van der Waals surface area contributed by atoms with E-state index in [1.165, 1.54) is 0 Å². The van der Waals surface area contributed by atoms with E-state index in [2.05, 4.69) is 11.4 Å². The molecule has 0 spiro atoms. The maximum Gasteiger partial charge on any atom is 0.0982 e. The molecule has 17 heavy (non-hydrogen) atoms. The van der Waals surface area contributed by atoms with Gasteiger partial charge in [-0.25, -0.2) is 0 Å².